The van der Waals surface area contributed by atoms with Crippen molar-refractivity contribution in [2.75, 3.05) is 18.1 Å². The third-order valence-corrected chi connectivity index (χ3v) is 3.15. The van der Waals surface area contributed by atoms with Crippen LogP contribution in [0.3, 0.4) is 0 Å². The molecule has 0 aromatic carbocycles. The van der Waals surface area contributed by atoms with Gasteiger partial charge in [0.05, 0.1) is 12.4 Å². The second kappa shape index (κ2) is 6.58. The maximum absolute atomic E-state index is 10.3. The minimum Gasteiger partial charge on any atom is -0.479 e. The van der Waals surface area contributed by atoms with Gasteiger partial charge in [-0.3, -0.25) is 4.55 Å². The van der Waals surface area contributed by atoms with Crippen LogP contribution in [0.5, 0.6) is 0 Å². The van der Waals surface area contributed by atoms with Crippen molar-refractivity contribution < 1.29 is 17.7 Å². The van der Waals surface area contributed by atoms with Crippen molar-refractivity contribution in [1.82, 2.24) is 0 Å². The second-order valence-electron chi connectivity index (χ2n) is 2.17. The van der Waals surface area contributed by atoms with E-state index in [1.807, 2.05) is 6.92 Å². The molecule has 0 fully saturated rings. The molecule has 0 spiro atoms. The summed E-state index contributed by atoms with van der Waals surface area (Å²) in [6.07, 6.45) is 0.372. The van der Waals surface area contributed by atoms with E-state index in [2.05, 4.69) is 0 Å². The fraction of sp³-hybridized carbons (Fsp3) is 0.833. The smallest absolute Gasteiger partial charge is 0.264 e. The van der Waals surface area contributed by atoms with E-state index in [4.69, 9.17) is 21.5 Å². The van der Waals surface area contributed by atoms with E-state index in [1.54, 1.807) is 0 Å². The first-order chi connectivity index (χ1) is 5.95. The van der Waals surface area contributed by atoms with E-state index in [0.29, 0.717) is 23.2 Å². The molecule has 0 unspecified atom stereocenters. The monoisotopic (exact) mass is 244 g/mol. The number of ether oxygens (including phenoxy) is 1. The molecule has 0 saturated heterocycles. The van der Waals surface area contributed by atoms with Crippen molar-refractivity contribution in [3.8, 4) is 0 Å². The average molecular weight is 244 g/mol. The Bertz CT molecular complexity index is 247. The lowest BCUT2D eigenvalue weighted by Gasteiger charge is -2.02. The van der Waals surface area contributed by atoms with Gasteiger partial charge in [-0.05, 0) is 25.6 Å². The molecule has 0 aliphatic rings. The standard InChI is InChI=1S/C6H12O4S3/c1-2-10-6(11)12-4-3-5-13(7,8)9/h2-5H2,1H3,(H,7,8,9). The van der Waals surface area contributed by atoms with Crippen LogP contribution >= 0.6 is 24.0 Å². The Morgan fingerprint density at radius 3 is 2.69 bits per heavy atom. The summed E-state index contributed by atoms with van der Waals surface area (Å²) in [5.74, 6) is 0.313. The number of rotatable bonds is 5. The summed E-state index contributed by atoms with van der Waals surface area (Å²) in [7, 11) is -3.83. The number of thioether (sulfide) groups is 1. The largest absolute Gasteiger partial charge is 0.479 e. The number of thiocarbonyl (C=S) groups is 1. The molecule has 4 nitrogen and oxygen atoms in total. The molecule has 0 aliphatic carbocycles. The summed E-state index contributed by atoms with van der Waals surface area (Å²) >= 11 is 6.06. The molecule has 1 N–H and O–H groups in total. The van der Waals surface area contributed by atoms with Crippen LogP contribution in [-0.4, -0.2) is 35.5 Å². The highest BCUT2D eigenvalue weighted by atomic mass is 32.2. The van der Waals surface area contributed by atoms with Crippen molar-refractivity contribution in [2.24, 2.45) is 0 Å². The molecule has 13 heavy (non-hydrogen) atoms. The first kappa shape index (κ1) is 13.2. The van der Waals surface area contributed by atoms with Gasteiger partial charge in [-0.1, -0.05) is 11.8 Å². The van der Waals surface area contributed by atoms with Gasteiger partial charge >= 0.3 is 0 Å². The Morgan fingerprint density at radius 2 is 2.23 bits per heavy atom. The first-order valence-electron chi connectivity index (χ1n) is 3.70. The molecule has 0 bridgehead atoms. The van der Waals surface area contributed by atoms with Gasteiger partial charge in [0.25, 0.3) is 10.1 Å². The van der Waals surface area contributed by atoms with Gasteiger partial charge in [-0.15, -0.1) is 0 Å². The molecule has 0 aromatic heterocycles. The SMILES string of the molecule is CCOC(=S)SCCCS(=O)(=O)O. The van der Waals surface area contributed by atoms with E-state index in [9.17, 15) is 8.42 Å². The van der Waals surface area contributed by atoms with Gasteiger partial charge in [-0.2, -0.15) is 8.42 Å². The molecule has 0 saturated carbocycles. The molecule has 78 valence electrons. The third kappa shape index (κ3) is 10.1. The molecule has 0 aliphatic heterocycles. The zero-order valence-electron chi connectivity index (χ0n) is 7.23. The normalized spacial score (nSPS) is 11.2. The molecular weight excluding hydrogens is 232 g/mol. The zero-order chi connectivity index (χ0) is 10.3. The van der Waals surface area contributed by atoms with Crippen LogP contribution in [0.15, 0.2) is 0 Å². The van der Waals surface area contributed by atoms with Gasteiger partial charge in [0, 0.05) is 5.75 Å². The summed E-state index contributed by atoms with van der Waals surface area (Å²) in [6.45, 7) is 2.34. The summed E-state index contributed by atoms with van der Waals surface area (Å²) in [5.41, 5.74) is 0. The predicted octanol–water partition coefficient (Wildman–Crippen LogP) is 1.32. The Hall–Kier alpha value is 0.150. The van der Waals surface area contributed by atoms with Gasteiger partial charge in [0.1, 0.15) is 0 Å². The molecule has 0 radical (unpaired) electrons. The van der Waals surface area contributed by atoms with Gasteiger partial charge in [0.2, 0.25) is 4.38 Å². The number of hydrogen-bond donors (Lipinski definition) is 1. The summed E-state index contributed by atoms with van der Waals surface area (Å²) in [6, 6.07) is 0. The zero-order valence-corrected chi connectivity index (χ0v) is 9.67. The lowest BCUT2D eigenvalue weighted by Crippen LogP contribution is -2.05. The lowest BCUT2D eigenvalue weighted by molar-refractivity contribution is 0.346. The van der Waals surface area contributed by atoms with Crippen LogP contribution in [0.1, 0.15) is 13.3 Å². The van der Waals surface area contributed by atoms with Crippen molar-refractivity contribution >= 4 is 38.5 Å². The van der Waals surface area contributed by atoms with Gasteiger partial charge in [-0.25, -0.2) is 0 Å². The molecule has 0 amide bonds. The Labute approximate surface area is 87.8 Å². The highest BCUT2D eigenvalue weighted by Crippen LogP contribution is 2.07. The van der Waals surface area contributed by atoms with Crippen LogP contribution in [0.2, 0.25) is 0 Å². The maximum atomic E-state index is 10.3. The van der Waals surface area contributed by atoms with Crippen molar-refractivity contribution in [3.63, 3.8) is 0 Å². The van der Waals surface area contributed by atoms with E-state index in [-0.39, 0.29) is 5.75 Å². The number of hydrogen-bond acceptors (Lipinski definition) is 5. The molecular formula is C6H12O4S3. The van der Waals surface area contributed by atoms with Crippen molar-refractivity contribution in [3.05, 3.63) is 0 Å². The van der Waals surface area contributed by atoms with Crippen LogP contribution in [0.25, 0.3) is 0 Å². The quantitative estimate of drug-likeness (QED) is 0.447. The Balaban J connectivity index is 3.41. The summed E-state index contributed by atoms with van der Waals surface area (Å²) in [4.78, 5) is 0. The minimum absolute atomic E-state index is 0.227. The second-order valence-corrected chi connectivity index (χ2v) is 5.44. The fourth-order valence-electron chi connectivity index (χ4n) is 0.556. The average Bonchev–Trinajstić information content (AvgIpc) is 1.97. The van der Waals surface area contributed by atoms with Crippen molar-refractivity contribution in [2.45, 2.75) is 13.3 Å². The topological polar surface area (TPSA) is 63.6 Å². The maximum Gasteiger partial charge on any atom is 0.264 e. The molecule has 7 heteroatoms. The summed E-state index contributed by atoms with van der Waals surface area (Å²) in [5, 5.41) is 0. The van der Waals surface area contributed by atoms with Crippen LogP contribution in [0, 0.1) is 0 Å². The first-order valence-corrected chi connectivity index (χ1v) is 6.70. The summed E-state index contributed by atoms with van der Waals surface area (Å²) < 4.78 is 34.3. The third-order valence-electron chi connectivity index (χ3n) is 1.03. The van der Waals surface area contributed by atoms with Crippen LogP contribution < -0.4 is 0 Å². The van der Waals surface area contributed by atoms with E-state index >= 15 is 0 Å². The van der Waals surface area contributed by atoms with Gasteiger partial charge in [0.15, 0.2) is 0 Å². The van der Waals surface area contributed by atoms with Crippen LogP contribution in [-0.2, 0) is 14.9 Å². The van der Waals surface area contributed by atoms with E-state index in [0.717, 1.165) is 0 Å². The van der Waals surface area contributed by atoms with E-state index in [1.165, 1.54) is 11.8 Å². The minimum atomic E-state index is -3.83. The highest BCUT2D eigenvalue weighted by molar-refractivity contribution is 8.22. The van der Waals surface area contributed by atoms with Gasteiger partial charge < -0.3 is 4.74 Å². The van der Waals surface area contributed by atoms with E-state index < -0.39 is 10.1 Å². The fourth-order valence-corrected chi connectivity index (χ4v) is 2.27. The lowest BCUT2D eigenvalue weighted by atomic mass is 10.6. The predicted molar refractivity (Wildman–Crippen MR) is 57.7 cm³/mol. The molecule has 0 rings (SSSR count). The molecule has 0 aromatic rings. The molecule has 0 atom stereocenters. The molecule has 0 heterocycles. The Kier molecular flexibility index (Phi) is 6.66. The van der Waals surface area contributed by atoms with Crippen LogP contribution in [0.4, 0.5) is 0 Å². The Morgan fingerprint density at radius 1 is 1.62 bits per heavy atom. The van der Waals surface area contributed by atoms with Crippen molar-refractivity contribution in [1.29, 1.82) is 0 Å². The highest BCUT2D eigenvalue weighted by Gasteiger charge is 2.04.